The number of anilines is 1. The molecule has 15 heavy (non-hydrogen) atoms. The Morgan fingerprint density at radius 3 is 3.33 bits per heavy atom. The lowest BCUT2D eigenvalue weighted by Crippen LogP contribution is -2.25. The van der Waals surface area contributed by atoms with Gasteiger partial charge in [0.15, 0.2) is 0 Å². The molecule has 2 aliphatic rings. The molecule has 0 aromatic carbocycles. The molecule has 1 aromatic rings. The van der Waals surface area contributed by atoms with Crippen molar-refractivity contribution in [1.29, 1.82) is 0 Å². The molecule has 1 fully saturated rings. The highest BCUT2D eigenvalue weighted by Crippen LogP contribution is 2.48. The fraction of sp³-hybridized carbons (Fsp3) is 0.556. The number of rotatable bonds is 0. The van der Waals surface area contributed by atoms with Crippen LogP contribution in [-0.4, -0.2) is 28.4 Å². The summed E-state index contributed by atoms with van der Waals surface area (Å²) in [6.45, 7) is 1.49. The van der Waals surface area contributed by atoms with Crippen molar-refractivity contribution in [3.8, 4) is 0 Å². The molecule has 0 aliphatic carbocycles. The van der Waals surface area contributed by atoms with Crippen LogP contribution in [0.5, 0.6) is 0 Å². The number of thioether (sulfide) groups is 1. The van der Waals surface area contributed by atoms with Crippen LogP contribution in [0.4, 0.5) is 5.82 Å². The molecule has 2 atom stereocenters. The first-order chi connectivity index (χ1) is 7.25. The van der Waals surface area contributed by atoms with Crippen molar-refractivity contribution < 1.29 is 4.74 Å². The first kappa shape index (κ1) is 9.23. The van der Waals surface area contributed by atoms with Crippen LogP contribution in [0.3, 0.4) is 0 Å². The third-order valence-corrected chi connectivity index (χ3v) is 4.20. The van der Waals surface area contributed by atoms with Gasteiger partial charge in [0, 0.05) is 23.3 Å². The number of nitrogen functional groups attached to an aromatic ring is 1. The summed E-state index contributed by atoms with van der Waals surface area (Å²) < 4.78 is 5.41. The first-order valence-electron chi connectivity index (χ1n) is 4.90. The molecular formula is C9H11N3O2S. The molecule has 0 radical (unpaired) electrons. The van der Waals surface area contributed by atoms with Gasteiger partial charge in [0.25, 0.3) is 0 Å². The monoisotopic (exact) mass is 225 g/mol. The van der Waals surface area contributed by atoms with Gasteiger partial charge in [-0.05, 0) is 6.42 Å². The lowest BCUT2D eigenvalue weighted by atomic mass is 9.93. The van der Waals surface area contributed by atoms with Gasteiger partial charge in [-0.1, -0.05) is 11.8 Å². The zero-order valence-corrected chi connectivity index (χ0v) is 8.84. The van der Waals surface area contributed by atoms with E-state index in [9.17, 15) is 4.79 Å². The highest BCUT2D eigenvalue weighted by atomic mass is 32.2. The third-order valence-electron chi connectivity index (χ3n) is 2.90. The molecule has 5 nitrogen and oxygen atoms in total. The summed E-state index contributed by atoms with van der Waals surface area (Å²) >= 11 is 1.61. The largest absolute Gasteiger partial charge is 0.385 e. The number of hydrogen-bond acceptors (Lipinski definition) is 5. The summed E-state index contributed by atoms with van der Waals surface area (Å²) in [6, 6.07) is 0. The summed E-state index contributed by atoms with van der Waals surface area (Å²) in [4.78, 5) is 17.7. The van der Waals surface area contributed by atoms with Crippen LogP contribution in [-0.2, 0) is 4.74 Å². The maximum Gasteiger partial charge on any atom is 0.347 e. The van der Waals surface area contributed by atoms with E-state index in [1.165, 1.54) is 0 Å². The van der Waals surface area contributed by atoms with Crippen molar-refractivity contribution in [2.24, 2.45) is 0 Å². The van der Waals surface area contributed by atoms with Crippen LogP contribution in [0, 0.1) is 0 Å². The molecule has 0 bridgehead atoms. The van der Waals surface area contributed by atoms with Crippen LogP contribution < -0.4 is 11.4 Å². The summed E-state index contributed by atoms with van der Waals surface area (Å²) in [5.74, 6) is 0.870. The van der Waals surface area contributed by atoms with Gasteiger partial charge in [-0.15, -0.1) is 0 Å². The van der Waals surface area contributed by atoms with Crippen LogP contribution >= 0.6 is 11.8 Å². The quantitative estimate of drug-likeness (QED) is 0.622. The zero-order valence-electron chi connectivity index (χ0n) is 8.03. The Morgan fingerprint density at radius 1 is 1.60 bits per heavy atom. The molecule has 0 spiro atoms. The van der Waals surface area contributed by atoms with Crippen molar-refractivity contribution >= 4 is 17.6 Å². The minimum atomic E-state index is -0.363. The van der Waals surface area contributed by atoms with Crippen LogP contribution in [0.15, 0.2) is 9.82 Å². The average Bonchev–Trinajstić information content (AvgIpc) is 2.54. The van der Waals surface area contributed by atoms with Gasteiger partial charge in [0.1, 0.15) is 10.8 Å². The molecule has 1 saturated heterocycles. The summed E-state index contributed by atoms with van der Waals surface area (Å²) in [7, 11) is 0. The van der Waals surface area contributed by atoms with E-state index in [4.69, 9.17) is 10.5 Å². The minimum Gasteiger partial charge on any atom is -0.385 e. The van der Waals surface area contributed by atoms with E-state index in [0.717, 1.165) is 30.2 Å². The number of aromatic amines is 1. The van der Waals surface area contributed by atoms with Crippen molar-refractivity contribution in [2.45, 2.75) is 22.6 Å². The minimum absolute atomic E-state index is 0.363. The Bertz CT molecular complexity index is 459. The number of nitrogens with two attached hydrogens (primary N) is 1. The summed E-state index contributed by atoms with van der Waals surface area (Å²) in [6.07, 6.45) is 0.961. The normalized spacial score (nSPS) is 28.5. The second-order valence-electron chi connectivity index (χ2n) is 3.80. The smallest absolute Gasteiger partial charge is 0.347 e. The van der Waals surface area contributed by atoms with E-state index in [-0.39, 0.29) is 5.69 Å². The van der Waals surface area contributed by atoms with E-state index < -0.39 is 0 Å². The van der Waals surface area contributed by atoms with Gasteiger partial charge in [-0.2, -0.15) is 4.98 Å². The maximum atomic E-state index is 11.2. The predicted molar refractivity (Wildman–Crippen MR) is 57.1 cm³/mol. The second-order valence-corrected chi connectivity index (χ2v) is 5.03. The second kappa shape index (κ2) is 3.24. The predicted octanol–water partition coefficient (Wildman–Crippen LogP) is 0.330. The van der Waals surface area contributed by atoms with E-state index in [0.29, 0.717) is 17.0 Å². The lowest BCUT2D eigenvalue weighted by molar-refractivity contribution is 0.0917. The Balaban J connectivity index is 2.12. The molecule has 3 N–H and O–H groups in total. The van der Waals surface area contributed by atoms with Gasteiger partial charge in [-0.25, -0.2) is 4.79 Å². The standard InChI is InChI=1S/C9H11N3O2S/c10-7-6-4-1-2-14-3-5(4)15-8(6)12-9(13)11-7/h4-5H,1-3H2,(H3,10,11,12,13). The Hall–Kier alpha value is -1.01. The van der Waals surface area contributed by atoms with Crippen LogP contribution in [0.2, 0.25) is 0 Å². The number of H-pyrrole nitrogens is 1. The number of nitrogens with one attached hydrogen (secondary N) is 1. The molecular weight excluding hydrogens is 214 g/mol. The molecule has 1 aromatic heterocycles. The lowest BCUT2D eigenvalue weighted by Gasteiger charge is -2.24. The van der Waals surface area contributed by atoms with E-state index in [2.05, 4.69) is 9.97 Å². The highest BCUT2D eigenvalue weighted by Gasteiger charge is 2.38. The number of nitrogens with zero attached hydrogens (tertiary/aromatic N) is 1. The number of aromatic nitrogens is 2. The molecule has 80 valence electrons. The molecule has 0 saturated carbocycles. The third kappa shape index (κ3) is 1.36. The molecule has 3 heterocycles. The van der Waals surface area contributed by atoms with Crippen molar-refractivity contribution in [3.63, 3.8) is 0 Å². The molecule has 2 unspecified atom stereocenters. The van der Waals surface area contributed by atoms with Gasteiger partial charge >= 0.3 is 5.69 Å². The fourth-order valence-electron chi connectivity index (χ4n) is 2.23. The van der Waals surface area contributed by atoms with Crippen molar-refractivity contribution in [2.75, 3.05) is 18.9 Å². The van der Waals surface area contributed by atoms with Gasteiger partial charge in [0.2, 0.25) is 0 Å². The van der Waals surface area contributed by atoms with Gasteiger partial charge in [0.05, 0.1) is 6.61 Å². The number of hydrogen-bond donors (Lipinski definition) is 2. The first-order valence-corrected chi connectivity index (χ1v) is 5.78. The zero-order chi connectivity index (χ0) is 10.4. The van der Waals surface area contributed by atoms with E-state index >= 15 is 0 Å². The van der Waals surface area contributed by atoms with E-state index in [1.807, 2.05) is 0 Å². The Kier molecular flexibility index (Phi) is 2.00. The number of ether oxygens (including phenoxy) is 1. The number of fused-ring (bicyclic) bond motifs is 3. The Labute approximate surface area is 90.4 Å². The van der Waals surface area contributed by atoms with Gasteiger partial charge in [-0.3, -0.25) is 4.98 Å². The SMILES string of the molecule is Nc1[nH]c(=O)nc2c1C1CCOCC1S2. The van der Waals surface area contributed by atoms with Crippen LogP contribution in [0.1, 0.15) is 17.9 Å². The molecule has 2 aliphatic heterocycles. The Morgan fingerprint density at radius 2 is 2.47 bits per heavy atom. The van der Waals surface area contributed by atoms with Crippen molar-refractivity contribution in [1.82, 2.24) is 9.97 Å². The summed E-state index contributed by atoms with van der Waals surface area (Å²) in [5.41, 5.74) is 6.49. The maximum absolute atomic E-state index is 11.2. The average molecular weight is 225 g/mol. The highest BCUT2D eigenvalue weighted by molar-refractivity contribution is 8.00. The molecule has 3 rings (SSSR count). The summed E-state index contributed by atoms with van der Waals surface area (Å²) in [5, 5.41) is 1.16. The van der Waals surface area contributed by atoms with E-state index in [1.54, 1.807) is 11.8 Å². The topological polar surface area (TPSA) is 81.0 Å². The molecule has 6 heteroatoms. The van der Waals surface area contributed by atoms with Crippen molar-refractivity contribution in [3.05, 3.63) is 16.0 Å². The van der Waals surface area contributed by atoms with Crippen LogP contribution in [0.25, 0.3) is 0 Å². The van der Waals surface area contributed by atoms with Gasteiger partial charge < -0.3 is 10.5 Å². The molecule has 0 amide bonds. The fourth-order valence-corrected chi connectivity index (χ4v) is 3.64.